The first-order valence-electron chi connectivity index (χ1n) is 7.11. The molecule has 0 spiro atoms. The van der Waals surface area contributed by atoms with Crippen molar-refractivity contribution in [3.8, 4) is 0 Å². The Bertz CT molecular complexity index is 404. The van der Waals surface area contributed by atoms with Crippen molar-refractivity contribution >= 4 is 17.8 Å². The van der Waals surface area contributed by atoms with Crippen LogP contribution in [0.25, 0.3) is 0 Å². The zero-order valence-corrected chi connectivity index (χ0v) is 12.1. The summed E-state index contributed by atoms with van der Waals surface area (Å²) < 4.78 is 0. The predicted octanol–water partition coefficient (Wildman–Crippen LogP) is -0.519. The number of nitrogens with one attached hydrogen (secondary N) is 1. The number of likely N-dealkylation sites (N-methyl/N-ethyl adjacent to an activating group) is 1. The molecule has 0 aliphatic carbocycles. The molecule has 1 unspecified atom stereocenters. The Hall–Kier alpha value is -1.63. The number of amides is 4. The number of piperazine rings is 1. The lowest BCUT2D eigenvalue weighted by molar-refractivity contribution is -0.138. The maximum Gasteiger partial charge on any atom is 0.317 e. The minimum Gasteiger partial charge on any atom is -0.338 e. The SMILES string of the molecule is CCCNC(=O)N1CCN(C2CC(=O)N(C)C2=O)CC1. The number of carbonyl (C=O) groups excluding carboxylic acids is 3. The third-order valence-electron chi connectivity index (χ3n) is 3.93. The van der Waals surface area contributed by atoms with Gasteiger partial charge in [-0.05, 0) is 6.42 Å². The average Bonchev–Trinajstić information content (AvgIpc) is 2.72. The third-order valence-corrected chi connectivity index (χ3v) is 3.93. The van der Waals surface area contributed by atoms with Crippen LogP contribution >= 0.6 is 0 Å². The van der Waals surface area contributed by atoms with Crippen LogP contribution in [0.1, 0.15) is 19.8 Å². The predicted molar refractivity (Wildman–Crippen MR) is 73.0 cm³/mol. The van der Waals surface area contributed by atoms with E-state index in [0.29, 0.717) is 32.7 Å². The molecule has 0 aromatic carbocycles. The maximum atomic E-state index is 11.9. The molecule has 0 aromatic heterocycles. The van der Waals surface area contributed by atoms with Crippen LogP contribution in [0.5, 0.6) is 0 Å². The minimum absolute atomic E-state index is 0.0440. The molecule has 2 aliphatic heterocycles. The van der Waals surface area contributed by atoms with Gasteiger partial charge in [-0.3, -0.25) is 19.4 Å². The van der Waals surface area contributed by atoms with Gasteiger partial charge < -0.3 is 10.2 Å². The third kappa shape index (κ3) is 2.92. The van der Waals surface area contributed by atoms with Crippen molar-refractivity contribution in [2.45, 2.75) is 25.8 Å². The van der Waals surface area contributed by atoms with Crippen LogP contribution in [0.2, 0.25) is 0 Å². The molecule has 1 N–H and O–H groups in total. The highest BCUT2D eigenvalue weighted by Gasteiger charge is 2.40. The number of likely N-dealkylation sites (tertiary alicyclic amines) is 1. The lowest BCUT2D eigenvalue weighted by Crippen LogP contribution is -2.55. The van der Waals surface area contributed by atoms with Gasteiger partial charge in [-0.2, -0.15) is 0 Å². The van der Waals surface area contributed by atoms with Gasteiger partial charge in [0.2, 0.25) is 11.8 Å². The summed E-state index contributed by atoms with van der Waals surface area (Å²) in [4.78, 5) is 40.3. The largest absolute Gasteiger partial charge is 0.338 e. The summed E-state index contributed by atoms with van der Waals surface area (Å²) in [6.07, 6.45) is 1.17. The second kappa shape index (κ2) is 6.21. The van der Waals surface area contributed by atoms with Gasteiger partial charge in [0.05, 0.1) is 12.5 Å². The van der Waals surface area contributed by atoms with Crippen LogP contribution in [-0.4, -0.2) is 78.4 Å². The Morgan fingerprint density at radius 3 is 2.40 bits per heavy atom. The van der Waals surface area contributed by atoms with E-state index in [4.69, 9.17) is 0 Å². The zero-order chi connectivity index (χ0) is 14.7. The highest BCUT2D eigenvalue weighted by Crippen LogP contribution is 2.18. The number of hydrogen-bond acceptors (Lipinski definition) is 4. The van der Waals surface area contributed by atoms with E-state index in [-0.39, 0.29) is 30.3 Å². The molecule has 0 bridgehead atoms. The lowest BCUT2D eigenvalue weighted by atomic mass is 10.2. The molecule has 7 nitrogen and oxygen atoms in total. The van der Waals surface area contributed by atoms with E-state index in [2.05, 4.69) is 5.32 Å². The summed E-state index contributed by atoms with van der Waals surface area (Å²) in [6, 6.07) is -0.384. The fourth-order valence-electron chi connectivity index (χ4n) is 2.60. The fourth-order valence-corrected chi connectivity index (χ4v) is 2.60. The highest BCUT2D eigenvalue weighted by atomic mass is 16.2. The first-order chi connectivity index (χ1) is 9.54. The van der Waals surface area contributed by atoms with Gasteiger partial charge in [-0.15, -0.1) is 0 Å². The van der Waals surface area contributed by atoms with Gasteiger partial charge >= 0.3 is 6.03 Å². The molecular formula is C13H22N4O3. The topological polar surface area (TPSA) is 73.0 Å². The highest BCUT2D eigenvalue weighted by molar-refractivity contribution is 6.05. The van der Waals surface area contributed by atoms with E-state index in [1.807, 2.05) is 11.8 Å². The molecule has 2 fully saturated rings. The lowest BCUT2D eigenvalue weighted by Gasteiger charge is -2.36. The number of hydrogen-bond donors (Lipinski definition) is 1. The van der Waals surface area contributed by atoms with Gasteiger partial charge in [0.25, 0.3) is 0 Å². The summed E-state index contributed by atoms with van der Waals surface area (Å²) in [6.45, 7) is 5.15. The molecule has 112 valence electrons. The first-order valence-corrected chi connectivity index (χ1v) is 7.11. The van der Waals surface area contributed by atoms with Gasteiger partial charge in [-0.1, -0.05) is 6.92 Å². The number of rotatable bonds is 3. The molecule has 2 saturated heterocycles. The van der Waals surface area contributed by atoms with Crippen LogP contribution < -0.4 is 5.32 Å². The molecule has 0 radical (unpaired) electrons. The van der Waals surface area contributed by atoms with Crippen molar-refractivity contribution in [1.82, 2.24) is 20.0 Å². The molecule has 7 heteroatoms. The Morgan fingerprint density at radius 1 is 1.25 bits per heavy atom. The molecule has 2 heterocycles. The van der Waals surface area contributed by atoms with E-state index in [9.17, 15) is 14.4 Å². The van der Waals surface area contributed by atoms with E-state index in [1.54, 1.807) is 4.90 Å². The van der Waals surface area contributed by atoms with E-state index in [0.717, 1.165) is 6.42 Å². The van der Waals surface area contributed by atoms with Gasteiger partial charge in [0, 0.05) is 39.8 Å². The Labute approximate surface area is 118 Å². The average molecular weight is 282 g/mol. The van der Waals surface area contributed by atoms with Crippen molar-refractivity contribution < 1.29 is 14.4 Å². The van der Waals surface area contributed by atoms with Crippen LogP contribution in [0.4, 0.5) is 4.79 Å². The molecular weight excluding hydrogens is 260 g/mol. The summed E-state index contributed by atoms with van der Waals surface area (Å²) in [5.74, 6) is -0.248. The molecule has 0 saturated carbocycles. The minimum atomic E-state index is -0.339. The zero-order valence-electron chi connectivity index (χ0n) is 12.1. The van der Waals surface area contributed by atoms with Crippen LogP contribution in [0, 0.1) is 0 Å². The molecule has 4 amide bonds. The van der Waals surface area contributed by atoms with Crippen molar-refractivity contribution in [3.63, 3.8) is 0 Å². The summed E-state index contributed by atoms with van der Waals surface area (Å²) in [7, 11) is 1.53. The van der Waals surface area contributed by atoms with Crippen molar-refractivity contribution in [3.05, 3.63) is 0 Å². The van der Waals surface area contributed by atoms with E-state index < -0.39 is 0 Å². The summed E-state index contributed by atoms with van der Waals surface area (Å²) in [5, 5.41) is 2.85. The number of carbonyl (C=O) groups is 3. The van der Waals surface area contributed by atoms with Gasteiger partial charge in [0.15, 0.2) is 0 Å². The summed E-state index contributed by atoms with van der Waals surface area (Å²) >= 11 is 0. The molecule has 1 atom stereocenters. The molecule has 2 aliphatic rings. The van der Waals surface area contributed by atoms with Crippen LogP contribution in [0.3, 0.4) is 0 Å². The van der Waals surface area contributed by atoms with Crippen molar-refractivity contribution in [2.24, 2.45) is 0 Å². The fraction of sp³-hybridized carbons (Fsp3) is 0.769. The molecule has 0 aromatic rings. The second-order valence-electron chi connectivity index (χ2n) is 5.27. The Morgan fingerprint density at radius 2 is 1.90 bits per heavy atom. The Balaban J connectivity index is 1.84. The second-order valence-corrected chi connectivity index (χ2v) is 5.27. The number of nitrogens with zero attached hydrogens (tertiary/aromatic N) is 3. The van der Waals surface area contributed by atoms with E-state index in [1.165, 1.54) is 11.9 Å². The van der Waals surface area contributed by atoms with Crippen molar-refractivity contribution in [1.29, 1.82) is 0 Å². The number of urea groups is 1. The first kappa shape index (κ1) is 14.8. The smallest absolute Gasteiger partial charge is 0.317 e. The Kier molecular flexibility index (Phi) is 4.59. The number of imide groups is 1. The molecule has 2 rings (SSSR count). The molecule has 20 heavy (non-hydrogen) atoms. The van der Waals surface area contributed by atoms with E-state index >= 15 is 0 Å². The van der Waals surface area contributed by atoms with Gasteiger partial charge in [-0.25, -0.2) is 4.79 Å². The van der Waals surface area contributed by atoms with Crippen LogP contribution in [0.15, 0.2) is 0 Å². The standard InChI is InChI=1S/C13H22N4O3/c1-3-4-14-13(20)17-7-5-16(6-8-17)10-9-11(18)15(2)12(10)19/h10H,3-9H2,1-2H3,(H,14,20). The normalized spacial score (nSPS) is 24.4. The van der Waals surface area contributed by atoms with Crippen LogP contribution in [-0.2, 0) is 9.59 Å². The monoisotopic (exact) mass is 282 g/mol. The quantitative estimate of drug-likeness (QED) is 0.707. The maximum absolute atomic E-state index is 11.9. The van der Waals surface area contributed by atoms with Crippen molar-refractivity contribution in [2.75, 3.05) is 39.8 Å². The van der Waals surface area contributed by atoms with Gasteiger partial charge in [0.1, 0.15) is 0 Å². The summed E-state index contributed by atoms with van der Waals surface area (Å²) in [5.41, 5.74) is 0.